The van der Waals surface area contributed by atoms with Crippen LogP contribution in [0.4, 0.5) is 17.2 Å². The van der Waals surface area contributed by atoms with Gasteiger partial charge in [-0.05, 0) is 30.3 Å². The number of benzene rings is 1. The Morgan fingerprint density at radius 1 is 1.29 bits per heavy atom. The molecule has 0 radical (unpaired) electrons. The lowest BCUT2D eigenvalue weighted by atomic mass is 10.2. The molecule has 84 valence electrons. The Kier molecular flexibility index (Phi) is 3.12. The summed E-state index contributed by atoms with van der Waals surface area (Å²) in [6.45, 7) is 0. The number of halogens is 1. The highest BCUT2D eigenvalue weighted by molar-refractivity contribution is 6.33. The quantitative estimate of drug-likeness (QED) is 0.852. The van der Waals surface area contributed by atoms with Crippen LogP contribution in [0.5, 0.6) is 0 Å². The van der Waals surface area contributed by atoms with Crippen molar-refractivity contribution in [1.82, 2.24) is 4.98 Å². The first-order valence-corrected chi connectivity index (χ1v) is 5.25. The second-order valence-corrected chi connectivity index (χ2v) is 3.82. The molecule has 0 aliphatic rings. The number of hydrogen-bond acceptors (Lipinski definition) is 4. The molecule has 0 aliphatic heterocycles. The number of pyridine rings is 1. The van der Waals surface area contributed by atoms with Crippen LogP contribution in [0.3, 0.4) is 0 Å². The summed E-state index contributed by atoms with van der Waals surface area (Å²) in [7, 11) is 0. The summed E-state index contributed by atoms with van der Waals surface area (Å²) in [6, 6.07) is 10.5. The molecule has 2 rings (SSSR count). The number of nitrogens with two attached hydrogens (primary N) is 1. The van der Waals surface area contributed by atoms with E-state index in [1.165, 1.54) is 0 Å². The van der Waals surface area contributed by atoms with Gasteiger partial charge >= 0.3 is 0 Å². The van der Waals surface area contributed by atoms with Crippen LogP contribution in [0, 0.1) is 11.3 Å². The normalized spacial score (nSPS) is 9.65. The van der Waals surface area contributed by atoms with Crippen LogP contribution in [-0.4, -0.2) is 4.98 Å². The Hall–Kier alpha value is -2.25. The van der Waals surface area contributed by atoms with Gasteiger partial charge in [-0.1, -0.05) is 11.6 Å². The average Bonchev–Trinajstić information content (AvgIpc) is 2.35. The zero-order valence-corrected chi connectivity index (χ0v) is 9.57. The summed E-state index contributed by atoms with van der Waals surface area (Å²) in [4.78, 5) is 4.09. The largest absolute Gasteiger partial charge is 0.397 e. The fraction of sp³-hybridized carbons (Fsp3) is 0. The van der Waals surface area contributed by atoms with E-state index in [1.807, 2.05) is 0 Å². The smallest absolute Gasteiger partial charge is 0.130 e. The first-order chi connectivity index (χ1) is 8.19. The molecule has 17 heavy (non-hydrogen) atoms. The van der Waals surface area contributed by atoms with Gasteiger partial charge in [0.1, 0.15) is 5.82 Å². The fourth-order valence-corrected chi connectivity index (χ4v) is 1.47. The average molecular weight is 245 g/mol. The molecule has 1 heterocycles. The third-order valence-electron chi connectivity index (χ3n) is 2.14. The van der Waals surface area contributed by atoms with Gasteiger partial charge in [-0.3, -0.25) is 0 Å². The molecular formula is C12H9ClN4. The maximum atomic E-state index is 8.80. The lowest BCUT2D eigenvalue weighted by Crippen LogP contribution is -1.95. The number of nitrogens with zero attached hydrogens (tertiary/aromatic N) is 2. The Balaban J connectivity index is 2.29. The van der Waals surface area contributed by atoms with Crippen LogP contribution in [0.15, 0.2) is 36.5 Å². The molecule has 0 spiro atoms. The lowest BCUT2D eigenvalue weighted by Gasteiger charge is -2.07. The zero-order valence-electron chi connectivity index (χ0n) is 8.81. The van der Waals surface area contributed by atoms with Crippen molar-refractivity contribution in [1.29, 1.82) is 5.26 Å². The van der Waals surface area contributed by atoms with Crippen molar-refractivity contribution < 1.29 is 0 Å². The summed E-state index contributed by atoms with van der Waals surface area (Å²) in [5.41, 5.74) is 7.30. The molecule has 4 nitrogen and oxygen atoms in total. The van der Waals surface area contributed by atoms with Crippen molar-refractivity contribution in [3.05, 3.63) is 47.1 Å². The number of aromatic nitrogens is 1. The second-order valence-electron chi connectivity index (χ2n) is 3.41. The minimum absolute atomic E-state index is 0.530. The van der Waals surface area contributed by atoms with E-state index in [4.69, 9.17) is 22.6 Å². The van der Waals surface area contributed by atoms with Crippen LogP contribution in [-0.2, 0) is 0 Å². The van der Waals surface area contributed by atoms with E-state index in [0.717, 1.165) is 0 Å². The SMILES string of the molecule is N#Cc1ccc(Cl)c(Nc2ccc(N)cn2)c1. The highest BCUT2D eigenvalue weighted by Crippen LogP contribution is 2.25. The van der Waals surface area contributed by atoms with Crippen molar-refractivity contribution in [3.63, 3.8) is 0 Å². The van der Waals surface area contributed by atoms with Crippen LogP contribution >= 0.6 is 11.6 Å². The van der Waals surface area contributed by atoms with E-state index in [2.05, 4.69) is 16.4 Å². The molecule has 0 saturated heterocycles. The highest BCUT2D eigenvalue weighted by atomic mass is 35.5. The molecule has 0 fully saturated rings. The standard InChI is InChI=1S/C12H9ClN4/c13-10-3-1-8(6-14)5-11(10)17-12-4-2-9(15)7-16-12/h1-5,7H,15H2,(H,16,17). The maximum absolute atomic E-state index is 8.80. The van der Waals surface area contributed by atoms with E-state index >= 15 is 0 Å². The minimum Gasteiger partial charge on any atom is -0.397 e. The van der Waals surface area contributed by atoms with Crippen LogP contribution in [0.2, 0.25) is 5.02 Å². The predicted octanol–water partition coefficient (Wildman–Crippen LogP) is 2.93. The number of hydrogen-bond donors (Lipinski definition) is 2. The molecular weight excluding hydrogens is 236 g/mol. The van der Waals surface area contributed by atoms with Gasteiger partial charge in [0.25, 0.3) is 0 Å². The number of nitrogens with one attached hydrogen (secondary N) is 1. The first-order valence-electron chi connectivity index (χ1n) is 4.87. The lowest BCUT2D eigenvalue weighted by molar-refractivity contribution is 1.31. The topological polar surface area (TPSA) is 74.7 Å². The fourth-order valence-electron chi connectivity index (χ4n) is 1.31. The van der Waals surface area contributed by atoms with Gasteiger partial charge in [0.15, 0.2) is 0 Å². The highest BCUT2D eigenvalue weighted by Gasteiger charge is 2.03. The molecule has 0 amide bonds. The van der Waals surface area contributed by atoms with Gasteiger partial charge in [0.2, 0.25) is 0 Å². The van der Waals surface area contributed by atoms with E-state index in [1.54, 1.807) is 36.5 Å². The molecule has 3 N–H and O–H groups in total. The van der Waals surface area contributed by atoms with Crippen LogP contribution in [0.1, 0.15) is 5.56 Å². The Morgan fingerprint density at radius 2 is 2.12 bits per heavy atom. The number of nitriles is 1. The molecule has 0 bridgehead atoms. The first kappa shape index (κ1) is 11.2. The molecule has 5 heteroatoms. The van der Waals surface area contributed by atoms with Crippen molar-refractivity contribution in [2.24, 2.45) is 0 Å². The van der Waals surface area contributed by atoms with Crippen molar-refractivity contribution >= 4 is 28.8 Å². The van der Waals surface area contributed by atoms with Crippen molar-refractivity contribution in [2.45, 2.75) is 0 Å². The van der Waals surface area contributed by atoms with Gasteiger partial charge < -0.3 is 11.1 Å². The molecule has 1 aromatic carbocycles. The maximum Gasteiger partial charge on any atom is 0.130 e. The summed E-state index contributed by atoms with van der Waals surface area (Å²) >= 11 is 6.01. The molecule has 2 aromatic rings. The van der Waals surface area contributed by atoms with Gasteiger partial charge in [-0.2, -0.15) is 5.26 Å². The number of rotatable bonds is 2. The second kappa shape index (κ2) is 4.73. The summed E-state index contributed by atoms with van der Waals surface area (Å²) in [6.07, 6.45) is 1.55. The summed E-state index contributed by atoms with van der Waals surface area (Å²) in [5, 5.41) is 12.4. The molecule has 0 aliphatic carbocycles. The monoisotopic (exact) mass is 244 g/mol. The Labute approximate surface area is 104 Å². The predicted molar refractivity (Wildman–Crippen MR) is 68.1 cm³/mol. The van der Waals surface area contributed by atoms with Crippen LogP contribution < -0.4 is 11.1 Å². The van der Waals surface area contributed by atoms with Gasteiger partial charge in [-0.25, -0.2) is 4.98 Å². The van der Waals surface area contributed by atoms with Gasteiger partial charge in [0.05, 0.1) is 34.2 Å². The molecule has 0 unspecified atom stereocenters. The third-order valence-corrected chi connectivity index (χ3v) is 2.47. The zero-order chi connectivity index (χ0) is 12.3. The van der Waals surface area contributed by atoms with E-state index in [9.17, 15) is 0 Å². The van der Waals surface area contributed by atoms with E-state index in [0.29, 0.717) is 27.8 Å². The minimum atomic E-state index is 0.530. The van der Waals surface area contributed by atoms with Crippen molar-refractivity contribution in [2.75, 3.05) is 11.1 Å². The van der Waals surface area contributed by atoms with Gasteiger partial charge in [0, 0.05) is 0 Å². The van der Waals surface area contributed by atoms with Gasteiger partial charge in [-0.15, -0.1) is 0 Å². The summed E-state index contributed by atoms with van der Waals surface area (Å²) in [5.74, 6) is 0.621. The third kappa shape index (κ3) is 2.65. The molecule has 1 aromatic heterocycles. The molecule has 0 atom stereocenters. The Bertz CT molecular complexity index is 572. The number of anilines is 3. The van der Waals surface area contributed by atoms with Crippen molar-refractivity contribution in [3.8, 4) is 6.07 Å². The summed E-state index contributed by atoms with van der Waals surface area (Å²) < 4.78 is 0. The number of nitrogen functional groups attached to an aromatic ring is 1. The van der Waals surface area contributed by atoms with Crippen LogP contribution in [0.25, 0.3) is 0 Å². The molecule has 0 saturated carbocycles. The van der Waals surface area contributed by atoms with E-state index < -0.39 is 0 Å². The Morgan fingerprint density at radius 3 is 2.76 bits per heavy atom. The van der Waals surface area contributed by atoms with E-state index in [-0.39, 0.29) is 0 Å².